The third-order valence-corrected chi connectivity index (χ3v) is 3.62. The first-order valence-corrected chi connectivity index (χ1v) is 6.61. The van der Waals surface area contributed by atoms with E-state index in [1.807, 2.05) is 18.4 Å². The van der Waals surface area contributed by atoms with Gasteiger partial charge in [0.1, 0.15) is 0 Å². The van der Waals surface area contributed by atoms with Gasteiger partial charge >= 0.3 is 0 Å². The molecule has 0 aliphatic heterocycles. The topological polar surface area (TPSA) is 65.1 Å². The van der Waals surface area contributed by atoms with E-state index < -0.39 is 4.92 Å². The molecule has 0 saturated carbocycles. The van der Waals surface area contributed by atoms with E-state index in [0.29, 0.717) is 20.9 Å². The number of nitro groups is 1. The number of aryl methyl sites for hydroxylation is 1. The van der Waals surface area contributed by atoms with Gasteiger partial charge in [0.05, 0.1) is 20.3 Å². The SMILES string of the molecule is Cc1cc2c(cc1[N+](=O)[O-])c(=O)c(Br)cn2C(C)C. The van der Waals surface area contributed by atoms with Crippen LogP contribution in [0.4, 0.5) is 5.69 Å². The highest BCUT2D eigenvalue weighted by molar-refractivity contribution is 9.10. The Hall–Kier alpha value is -1.69. The summed E-state index contributed by atoms with van der Waals surface area (Å²) in [5.41, 5.74) is 1.01. The van der Waals surface area contributed by atoms with Gasteiger partial charge in [0, 0.05) is 23.9 Å². The fraction of sp³-hybridized carbons (Fsp3) is 0.308. The molecule has 0 unspecified atom stereocenters. The Morgan fingerprint density at radius 2 is 2.00 bits per heavy atom. The Kier molecular flexibility index (Phi) is 3.45. The second-order valence-corrected chi connectivity index (χ2v) is 5.57. The van der Waals surface area contributed by atoms with Gasteiger partial charge in [0.15, 0.2) is 0 Å². The van der Waals surface area contributed by atoms with E-state index in [9.17, 15) is 14.9 Å². The fourth-order valence-corrected chi connectivity index (χ4v) is 2.51. The summed E-state index contributed by atoms with van der Waals surface area (Å²) in [6.07, 6.45) is 1.72. The first-order chi connectivity index (χ1) is 8.82. The lowest BCUT2D eigenvalue weighted by Crippen LogP contribution is -2.12. The monoisotopic (exact) mass is 324 g/mol. The smallest absolute Gasteiger partial charge is 0.273 e. The minimum atomic E-state index is -0.463. The molecule has 0 spiro atoms. The highest BCUT2D eigenvalue weighted by Crippen LogP contribution is 2.26. The number of hydrogen-bond donors (Lipinski definition) is 0. The van der Waals surface area contributed by atoms with Gasteiger partial charge in [-0.2, -0.15) is 0 Å². The highest BCUT2D eigenvalue weighted by Gasteiger charge is 2.17. The van der Waals surface area contributed by atoms with Gasteiger partial charge in [-0.3, -0.25) is 14.9 Å². The lowest BCUT2D eigenvalue weighted by molar-refractivity contribution is -0.385. The summed E-state index contributed by atoms with van der Waals surface area (Å²) >= 11 is 3.21. The number of benzene rings is 1. The molecule has 0 aliphatic carbocycles. The number of nitrogens with zero attached hydrogens (tertiary/aromatic N) is 2. The van der Waals surface area contributed by atoms with Gasteiger partial charge < -0.3 is 4.57 Å². The van der Waals surface area contributed by atoms with E-state index in [0.717, 1.165) is 0 Å². The maximum absolute atomic E-state index is 12.1. The van der Waals surface area contributed by atoms with Crippen LogP contribution in [-0.4, -0.2) is 9.49 Å². The second kappa shape index (κ2) is 4.77. The molecular formula is C13H13BrN2O3. The van der Waals surface area contributed by atoms with Crippen molar-refractivity contribution in [1.29, 1.82) is 0 Å². The molecule has 2 rings (SSSR count). The largest absolute Gasteiger partial charge is 0.344 e. The molecule has 0 saturated heterocycles. The molecule has 0 radical (unpaired) electrons. The molecule has 100 valence electrons. The van der Waals surface area contributed by atoms with Gasteiger partial charge in [-0.05, 0) is 42.8 Å². The highest BCUT2D eigenvalue weighted by atomic mass is 79.9. The van der Waals surface area contributed by atoms with E-state index in [-0.39, 0.29) is 17.2 Å². The van der Waals surface area contributed by atoms with E-state index in [1.165, 1.54) is 6.07 Å². The summed E-state index contributed by atoms with van der Waals surface area (Å²) in [4.78, 5) is 22.6. The molecule has 0 bridgehead atoms. The van der Waals surface area contributed by atoms with Crippen LogP contribution < -0.4 is 5.43 Å². The first kappa shape index (κ1) is 13.7. The van der Waals surface area contributed by atoms with Gasteiger partial charge in [-0.15, -0.1) is 0 Å². The number of pyridine rings is 1. The summed E-state index contributed by atoms with van der Waals surface area (Å²) in [7, 11) is 0. The average Bonchev–Trinajstić information content (AvgIpc) is 2.32. The predicted octanol–water partition coefficient (Wildman–Crippen LogP) is 3.56. The van der Waals surface area contributed by atoms with Crippen LogP contribution in [0.25, 0.3) is 10.9 Å². The van der Waals surface area contributed by atoms with Crippen molar-refractivity contribution in [2.24, 2.45) is 0 Å². The van der Waals surface area contributed by atoms with Crippen LogP contribution in [0.5, 0.6) is 0 Å². The zero-order chi connectivity index (χ0) is 14.3. The van der Waals surface area contributed by atoms with Crippen molar-refractivity contribution in [3.63, 3.8) is 0 Å². The van der Waals surface area contributed by atoms with Crippen LogP contribution in [0.15, 0.2) is 27.6 Å². The number of nitro benzene ring substituents is 1. The van der Waals surface area contributed by atoms with Crippen molar-refractivity contribution in [2.45, 2.75) is 26.8 Å². The van der Waals surface area contributed by atoms with Crippen LogP contribution >= 0.6 is 15.9 Å². The molecule has 0 fully saturated rings. The molecule has 1 aromatic heterocycles. The molecule has 1 aromatic carbocycles. The summed E-state index contributed by atoms with van der Waals surface area (Å²) in [6.45, 7) is 5.66. The summed E-state index contributed by atoms with van der Waals surface area (Å²) in [6, 6.07) is 3.21. The Labute approximate surface area is 118 Å². The number of aromatic nitrogens is 1. The van der Waals surface area contributed by atoms with E-state index in [4.69, 9.17) is 0 Å². The van der Waals surface area contributed by atoms with Crippen LogP contribution in [0.2, 0.25) is 0 Å². The molecule has 2 aromatic rings. The summed E-state index contributed by atoms with van der Waals surface area (Å²) < 4.78 is 2.34. The zero-order valence-electron chi connectivity index (χ0n) is 10.8. The van der Waals surface area contributed by atoms with E-state index >= 15 is 0 Å². The Morgan fingerprint density at radius 1 is 1.37 bits per heavy atom. The van der Waals surface area contributed by atoms with Crippen molar-refractivity contribution < 1.29 is 4.92 Å². The minimum Gasteiger partial charge on any atom is -0.344 e. The maximum Gasteiger partial charge on any atom is 0.273 e. The minimum absolute atomic E-state index is 0.0296. The molecule has 0 N–H and O–H groups in total. The Bertz CT molecular complexity index is 735. The lowest BCUT2D eigenvalue weighted by atomic mass is 10.1. The number of rotatable bonds is 2. The van der Waals surface area contributed by atoms with Crippen LogP contribution in [0.3, 0.4) is 0 Å². The number of fused-ring (bicyclic) bond motifs is 1. The molecule has 5 nitrogen and oxygen atoms in total. The number of hydrogen-bond acceptors (Lipinski definition) is 3. The molecule has 1 heterocycles. The summed E-state index contributed by atoms with van der Waals surface area (Å²) in [5, 5.41) is 11.3. The maximum atomic E-state index is 12.1. The quantitative estimate of drug-likeness (QED) is 0.626. The van der Waals surface area contributed by atoms with Crippen LogP contribution in [0.1, 0.15) is 25.5 Å². The standard InChI is InChI=1S/C13H13BrN2O3/c1-7(2)15-6-10(14)13(17)9-5-11(16(18)19)8(3)4-12(9)15/h4-7H,1-3H3. The second-order valence-electron chi connectivity index (χ2n) is 4.72. The third kappa shape index (κ3) is 2.28. The van der Waals surface area contributed by atoms with Crippen LogP contribution in [-0.2, 0) is 0 Å². The molecule has 0 atom stereocenters. The Balaban J connectivity index is 2.97. The van der Waals surface area contributed by atoms with Gasteiger partial charge in [0.2, 0.25) is 5.43 Å². The molecule has 6 heteroatoms. The summed E-state index contributed by atoms with van der Waals surface area (Å²) in [5.74, 6) is 0. The fourth-order valence-electron chi connectivity index (χ4n) is 2.08. The van der Waals surface area contributed by atoms with Gasteiger partial charge in [0.25, 0.3) is 5.69 Å². The Morgan fingerprint density at radius 3 is 2.53 bits per heavy atom. The van der Waals surface area contributed by atoms with Crippen molar-refractivity contribution in [3.05, 3.63) is 48.7 Å². The van der Waals surface area contributed by atoms with Crippen molar-refractivity contribution in [3.8, 4) is 0 Å². The van der Waals surface area contributed by atoms with Crippen molar-refractivity contribution in [1.82, 2.24) is 4.57 Å². The molecule has 0 aliphatic rings. The molecule has 19 heavy (non-hydrogen) atoms. The predicted molar refractivity (Wildman–Crippen MR) is 77.7 cm³/mol. The average molecular weight is 325 g/mol. The van der Waals surface area contributed by atoms with Crippen molar-refractivity contribution in [2.75, 3.05) is 0 Å². The molecule has 0 amide bonds. The lowest BCUT2D eigenvalue weighted by Gasteiger charge is -2.15. The van der Waals surface area contributed by atoms with Crippen molar-refractivity contribution >= 4 is 32.5 Å². The van der Waals surface area contributed by atoms with E-state index in [2.05, 4.69) is 15.9 Å². The van der Waals surface area contributed by atoms with E-state index in [1.54, 1.807) is 19.2 Å². The number of halogens is 1. The molecular weight excluding hydrogens is 312 g/mol. The normalized spacial score (nSPS) is 11.2. The van der Waals surface area contributed by atoms with Gasteiger partial charge in [-0.25, -0.2) is 0 Å². The van der Waals surface area contributed by atoms with Gasteiger partial charge in [-0.1, -0.05) is 0 Å². The zero-order valence-corrected chi connectivity index (χ0v) is 12.4. The third-order valence-electron chi connectivity index (χ3n) is 3.06. The first-order valence-electron chi connectivity index (χ1n) is 5.82. The van der Waals surface area contributed by atoms with Crippen LogP contribution in [0, 0.1) is 17.0 Å².